The lowest BCUT2D eigenvalue weighted by atomic mass is 10.3. The molecule has 1 unspecified atom stereocenters. The summed E-state index contributed by atoms with van der Waals surface area (Å²) in [4.78, 5) is 0. The van der Waals surface area contributed by atoms with E-state index in [2.05, 4.69) is 12.2 Å². The van der Waals surface area contributed by atoms with Crippen molar-refractivity contribution in [2.24, 2.45) is 0 Å². The summed E-state index contributed by atoms with van der Waals surface area (Å²) in [6.07, 6.45) is 0. The molecule has 0 saturated carbocycles. The highest BCUT2D eigenvalue weighted by atomic mass is 35.5. The van der Waals surface area contributed by atoms with Crippen molar-refractivity contribution in [3.8, 4) is 5.75 Å². The zero-order valence-electron chi connectivity index (χ0n) is 6.70. The number of hydrogen-bond donors (Lipinski definition) is 1. The zero-order valence-corrected chi connectivity index (χ0v) is 10.8. The minimum absolute atomic E-state index is 0.456. The molecule has 0 fully saturated rings. The molecule has 1 atom stereocenters. The lowest BCUT2D eigenvalue weighted by Gasteiger charge is -2.13. The third-order valence-corrected chi connectivity index (χ3v) is 2.70. The van der Waals surface area contributed by atoms with Crippen LogP contribution in [0.5, 0.6) is 5.75 Å². The molecule has 1 aromatic rings. The normalized spacial score (nSPS) is 15.1. The van der Waals surface area contributed by atoms with Crippen molar-refractivity contribution < 1.29 is 4.52 Å². The van der Waals surface area contributed by atoms with Crippen LogP contribution in [0.4, 0.5) is 0 Å². The second kappa shape index (κ2) is 4.41. The Hall–Kier alpha value is 0.600. The first-order chi connectivity index (χ1) is 5.88. The SMILES string of the molecule is CP(=S)(S)Oc1ccc(Cl)cc1Cl. The van der Waals surface area contributed by atoms with Gasteiger partial charge in [0.2, 0.25) is 0 Å². The van der Waals surface area contributed by atoms with Crippen LogP contribution in [0, 0.1) is 0 Å². The summed E-state index contributed by atoms with van der Waals surface area (Å²) < 4.78 is 5.39. The molecule has 13 heavy (non-hydrogen) atoms. The molecule has 0 aliphatic carbocycles. The third kappa shape index (κ3) is 4.09. The van der Waals surface area contributed by atoms with Gasteiger partial charge < -0.3 is 4.52 Å². The molecule has 1 rings (SSSR count). The maximum Gasteiger partial charge on any atom is 0.162 e. The number of halogens is 2. The molecule has 0 heterocycles. The maximum absolute atomic E-state index is 5.86. The van der Waals surface area contributed by atoms with Crippen molar-refractivity contribution in [2.45, 2.75) is 0 Å². The van der Waals surface area contributed by atoms with Crippen LogP contribution < -0.4 is 4.52 Å². The van der Waals surface area contributed by atoms with Gasteiger partial charge in [0.15, 0.2) is 5.47 Å². The predicted molar refractivity (Wildman–Crippen MR) is 66.3 cm³/mol. The molecule has 0 bridgehead atoms. The van der Waals surface area contributed by atoms with Crippen molar-refractivity contribution in [1.82, 2.24) is 0 Å². The maximum atomic E-state index is 5.86. The molecule has 0 radical (unpaired) electrons. The molecule has 0 spiro atoms. The Balaban J connectivity index is 2.97. The molecular weight excluding hydrogens is 266 g/mol. The third-order valence-electron chi connectivity index (χ3n) is 1.16. The molecule has 0 saturated heterocycles. The Morgan fingerprint density at radius 2 is 2.08 bits per heavy atom. The molecule has 0 amide bonds. The monoisotopic (exact) mass is 272 g/mol. The van der Waals surface area contributed by atoms with E-state index in [1.54, 1.807) is 24.9 Å². The summed E-state index contributed by atoms with van der Waals surface area (Å²) in [5.74, 6) is 0.534. The highest BCUT2D eigenvalue weighted by molar-refractivity contribution is 8.61. The molecule has 0 aliphatic rings. The average molecular weight is 273 g/mol. The van der Waals surface area contributed by atoms with Gasteiger partial charge in [-0.2, -0.15) is 0 Å². The summed E-state index contributed by atoms with van der Waals surface area (Å²) >= 11 is 20.7. The molecule has 72 valence electrons. The van der Waals surface area contributed by atoms with E-state index in [1.165, 1.54) is 0 Å². The van der Waals surface area contributed by atoms with Gasteiger partial charge in [-0.25, -0.2) is 0 Å². The second-order valence-corrected chi connectivity index (χ2v) is 10.3. The topological polar surface area (TPSA) is 9.23 Å². The Morgan fingerprint density at radius 3 is 2.54 bits per heavy atom. The van der Waals surface area contributed by atoms with E-state index in [0.29, 0.717) is 15.8 Å². The van der Waals surface area contributed by atoms with E-state index in [0.717, 1.165) is 0 Å². The number of rotatable bonds is 2. The Morgan fingerprint density at radius 1 is 1.46 bits per heavy atom. The van der Waals surface area contributed by atoms with Crippen LogP contribution >= 0.6 is 40.9 Å². The first-order valence-electron chi connectivity index (χ1n) is 3.33. The molecule has 1 nitrogen and oxygen atoms in total. The van der Waals surface area contributed by atoms with Gasteiger partial charge >= 0.3 is 0 Å². The lowest BCUT2D eigenvalue weighted by molar-refractivity contribution is 0.630. The average Bonchev–Trinajstić information content (AvgIpc) is 1.93. The van der Waals surface area contributed by atoms with Gasteiger partial charge in [0.25, 0.3) is 0 Å². The Kier molecular flexibility index (Phi) is 3.96. The predicted octanol–water partition coefficient (Wildman–Crippen LogP) is 4.24. The van der Waals surface area contributed by atoms with E-state index in [9.17, 15) is 0 Å². The minimum atomic E-state index is -2.03. The quantitative estimate of drug-likeness (QED) is 0.637. The van der Waals surface area contributed by atoms with Crippen LogP contribution in [0.3, 0.4) is 0 Å². The van der Waals surface area contributed by atoms with Gasteiger partial charge in [-0.05, 0) is 30.0 Å². The second-order valence-electron chi connectivity index (χ2n) is 2.47. The van der Waals surface area contributed by atoms with Crippen molar-refractivity contribution in [2.75, 3.05) is 6.66 Å². The summed E-state index contributed by atoms with van der Waals surface area (Å²) in [5.41, 5.74) is -2.03. The van der Waals surface area contributed by atoms with Gasteiger partial charge in [0.1, 0.15) is 5.75 Å². The lowest BCUT2D eigenvalue weighted by Crippen LogP contribution is -1.85. The van der Waals surface area contributed by atoms with Gasteiger partial charge in [-0.1, -0.05) is 23.2 Å². The van der Waals surface area contributed by atoms with Gasteiger partial charge in [-0.15, -0.1) is 12.2 Å². The standard InChI is InChI=1S/C7H7Cl2OPS2/c1-11(12,13)10-7-3-2-5(8)4-6(7)9/h2-4H,1H3,(H,12,13). The smallest absolute Gasteiger partial charge is 0.162 e. The molecule has 0 aromatic heterocycles. The molecular formula is C7H7Cl2OPS2. The van der Waals surface area contributed by atoms with Crippen molar-refractivity contribution in [1.29, 1.82) is 0 Å². The largest absolute Gasteiger partial charge is 0.456 e. The molecule has 0 aliphatic heterocycles. The molecule has 1 aromatic carbocycles. The molecule has 0 N–H and O–H groups in total. The van der Waals surface area contributed by atoms with E-state index in [1.807, 2.05) is 0 Å². The summed E-state index contributed by atoms with van der Waals surface area (Å²) in [5, 5.41) is 1.03. The van der Waals surface area contributed by atoms with Crippen LogP contribution in [0.2, 0.25) is 10.0 Å². The summed E-state index contributed by atoms with van der Waals surface area (Å²) in [7, 11) is 0. The van der Waals surface area contributed by atoms with Gasteiger partial charge in [-0.3, -0.25) is 0 Å². The Labute approximate surface area is 97.6 Å². The fourth-order valence-electron chi connectivity index (χ4n) is 0.732. The fourth-order valence-corrected chi connectivity index (χ4v) is 2.26. The minimum Gasteiger partial charge on any atom is -0.456 e. The van der Waals surface area contributed by atoms with Crippen molar-refractivity contribution in [3.05, 3.63) is 28.2 Å². The highest BCUT2D eigenvalue weighted by Gasteiger charge is 2.08. The van der Waals surface area contributed by atoms with Crippen LogP contribution in [-0.2, 0) is 11.8 Å². The van der Waals surface area contributed by atoms with Gasteiger partial charge in [0, 0.05) is 11.7 Å². The van der Waals surface area contributed by atoms with Crippen molar-refractivity contribution in [3.63, 3.8) is 0 Å². The van der Waals surface area contributed by atoms with Crippen LogP contribution in [0.25, 0.3) is 0 Å². The molecule has 6 heteroatoms. The highest BCUT2D eigenvalue weighted by Crippen LogP contribution is 2.49. The van der Waals surface area contributed by atoms with Crippen LogP contribution in [0.15, 0.2) is 18.2 Å². The first-order valence-corrected chi connectivity index (χ1v) is 8.41. The van der Waals surface area contributed by atoms with E-state index < -0.39 is 5.47 Å². The number of benzene rings is 1. The fraction of sp³-hybridized carbons (Fsp3) is 0.143. The van der Waals surface area contributed by atoms with Crippen LogP contribution in [-0.4, -0.2) is 6.66 Å². The summed E-state index contributed by atoms with van der Waals surface area (Å²) in [6.45, 7) is 1.76. The van der Waals surface area contributed by atoms with E-state index in [4.69, 9.17) is 39.5 Å². The number of hydrogen-bond acceptors (Lipinski definition) is 2. The van der Waals surface area contributed by atoms with Crippen molar-refractivity contribution >= 4 is 52.7 Å². The zero-order chi connectivity index (χ0) is 10.1. The first kappa shape index (κ1) is 11.7. The van der Waals surface area contributed by atoms with Crippen LogP contribution in [0.1, 0.15) is 0 Å². The Bertz CT molecular complexity index is 364. The van der Waals surface area contributed by atoms with E-state index >= 15 is 0 Å². The number of thiol groups is 1. The van der Waals surface area contributed by atoms with Gasteiger partial charge in [0.05, 0.1) is 5.02 Å². The summed E-state index contributed by atoms with van der Waals surface area (Å²) in [6, 6.07) is 4.99. The van der Waals surface area contributed by atoms with E-state index in [-0.39, 0.29) is 0 Å².